The number of nitrogens with two attached hydrogens (primary N) is 2. The van der Waals surface area contributed by atoms with Crippen LogP contribution in [0.2, 0.25) is 0 Å². The molecule has 1 atom stereocenters. The van der Waals surface area contributed by atoms with Crippen LogP contribution >= 0.6 is 0 Å². The summed E-state index contributed by atoms with van der Waals surface area (Å²) in [6.07, 6.45) is 2.12. The lowest BCUT2D eigenvalue weighted by Crippen LogP contribution is -2.28. The summed E-state index contributed by atoms with van der Waals surface area (Å²) in [5, 5.41) is 0.955. The average Bonchev–Trinajstić information content (AvgIpc) is 3.24. The molecule has 1 amide bonds. The number of anilines is 3. The summed E-state index contributed by atoms with van der Waals surface area (Å²) in [6.45, 7) is 3.29. The van der Waals surface area contributed by atoms with Gasteiger partial charge in [0.2, 0.25) is 5.95 Å². The summed E-state index contributed by atoms with van der Waals surface area (Å²) in [6, 6.07) is 5.70. The van der Waals surface area contributed by atoms with Crippen molar-refractivity contribution in [3.8, 4) is 0 Å². The molecule has 2 aromatic rings. The highest BCUT2D eigenvalue weighted by molar-refractivity contribution is 5.92. The van der Waals surface area contributed by atoms with E-state index in [0.29, 0.717) is 12.2 Å². The molecule has 3 heterocycles. The van der Waals surface area contributed by atoms with Crippen LogP contribution in [0.15, 0.2) is 18.2 Å². The Balaban J connectivity index is 1.72. The summed E-state index contributed by atoms with van der Waals surface area (Å²) in [5.41, 5.74) is 12.6. The highest BCUT2D eigenvalue weighted by atomic mass is 16.6. The number of carbonyl (C=O) groups excluding carboxylic acids is 1. The number of aromatic nitrogens is 2. The molecule has 1 aromatic carbocycles. The smallest absolute Gasteiger partial charge is 0.404 e. The molecule has 0 saturated carbocycles. The standard InChI is InChI=1S/C17H22N6O2/c18-11-3-4-13-14(9-11)20-17(22-6-1-2-7-22)21-15(13)23-8-5-12(10-23)25-16(19)24/h3-4,9,12H,1-2,5-8,10,18H2,(H2,19,24). The second-order valence-electron chi connectivity index (χ2n) is 6.61. The number of benzene rings is 1. The first-order chi connectivity index (χ1) is 12.1. The SMILES string of the molecule is NC(=O)OC1CCN(c2nc(N3CCCC3)nc3cc(N)ccc23)C1. The molecule has 0 spiro atoms. The molecule has 2 aliphatic rings. The van der Waals surface area contributed by atoms with Gasteiger partial charge in [-0.25, -0.2) is 9.78 Å². The third-order valence-electron chi connectivity index (χ3n) is 4.81. The van der Waals surface area contributed by atoms with Crippen LogP contribution < -0.4 is 21.3 Å². The maximum absolute atomic E-state index is 11.0. The van der Waals surface area contributed by atoms with Crippen LogP contribution in [0.25, 0.3) is 10.9 Å². The predicted octanol–water partition coefficient (Wildman–Crippen LogP) is 1.49. The first-order valence-electron chi connectivity index (χ1n) is 8.63. The molecule has 4 rings (SSSR count). The second-order valence-corrected chi connectivity index (χ2v) is 6.61. The second kappa shape index (κ2) is 6.27. The summed E-state index contributed by atoms with van der Waals surface area (Å²) in [7, 11) is 0. The zero-order valence-electron chi connectivity index (χ0n) is 14.0. The van der Waals surface area contributed by atoms with Gasteiger partial charge in [-0.15, -0.1) is 0 Å². The van der Waals surface area contributed by atoms with Crippen molar-refractivity contribution in [1.29, 1.82) is 0 Å². The quantitative estimate of drug-likeness (QED) is 0.813. The molecular weight excluding hydrogens is 320 g/mol. The van der Waals surface area contributed by atoms with Gasteiger partial charge in [0.25, 0.3) is 0 Å². The van der Waals surface area contributed by atoms with E-state index in [-0.39, 0.29) is 6.10 Å². The average molecular weight is 342 g/mol. The third-order valence-corrected chi connectivity index (χ3v) is 4.81. The Morgan fingerprint density at radius 3 is 2.72 bits per heavy atom. The third kappa shape index (κ3) is 3.11. The monoisotopic (exact) mass is 342 g/mol. The van der Waals surface area contributed by atoms with Gasteiger partial charge in [-0.05, 0) is 31.0 Å². The van der Waals surface area contributed by atoms with E-state index >= 15 is 0 Å². The number of primary amides is 1. The molecular formula is C17H22N6O2. The van der Waals surface area contributed by atoms with Crippen LogP contribution in [0.5, 0.6) is 0 Å². The Kier molecular flexibility index (Phi) is 3.95. The van der Waals surface area contributed by atoms with Crippen molar-refractivity contribution in [3.05, 3.63) is 18.2 Å². The van der Waals surface area contributed by atoms with Crippen LogP contribution in [-0.2, 0) is 4.74 Å². The number of hydrogen-bond donors (Lipinski definition) is 2. The van der Waals surface area contributed by atoms with Crippen LogP contribution in [-0.4, -0.2) is 48.3 Å². The maximum Gasteiger partial charge on any atom is 0.404 e. The summed E-state index contributed by atoms with van der Waals surface area (Å²) >= 11 is 0. The molecule has 25 heavy (non-hydrogen) atoms. The van der Waals surface area contributed by atoms with Crippen molar-refractivity contribution >= 4 is 34.4 Å². The summed E-state index contributed by atoms with van der Waals surface area (Å²) in [5.74, 6) is 1.60. The Morgan fingerprint density at radius 2 is 1.96 bits per heavy atom. The van der Waals surface area contributed by atoms with Crippen molar-refractivity contribution in [2.45, 2.75) is 25.4 Å². The van der Waals surface area contributed by atoms with Crippen molar-refractivity contribution in [1.82, 2.24) is 9.97 Å². The fourth-order valence-electron chi connectivity index (χ4n) is 3.60. The Bertz CT molecular complexity index is 805. The van der Waals surface area contributed by atoms with Crippen LogP contribution in [0, 0.1) is 0 Å². The molecule has 132 valence electrons. The van der Waals surface area contributed by atoms with Gasteiger partial charge in [-0.2, -0.15) is 4.98 Å². The van der Waals surface area contributed by atoms with Gasteiger partial charge in [0.15, 0.2) is 0 Å². The van der Waals surface area contributed by atoms with Crippen LogP contribution in [0.4, 0.5) is 22.2 Å². The maximum atomic E-state index is 11.0. The Labute approximate surface area is 145 Å². The van der Waals surface area contributed by atoms with Crippen LogP contribution in [0.1, 0.15) is 19.3 Å². The molecule has 0 radical (unpaired) electrons. The molecule has 8 heteroatoms. The number of nitrogen functional groups attached to an aromatic ring is 1. The fraction of sp³-hybridized carbons (Fsp3) is 0.471. The molecule has 2 fully saturated rings. The minimum atomic E-state index is -0.732. The number of amides is 1. The van der Waals surface area contributed by atoms with Gasteiger partial charge in [0.1, 0.15) is 11.9 Å². The van der Waals surface area contributed by atoms with E-state index in [1.165, 1.54) is 0 Å². The molecule has 0 bridgehead atoms. The molecule has 8 nitrogen and oxygen atoms in total. The molecule has 2 saturated heterocycles. The normalized spacial score (nSPS) is 20.4. The zero-order valence-corrected chi connectivity index (χ0v) is 14.0. The van der Waals surface area contributed by atoms with E-state index in [0.717, 1.165) is 61.6 Å². The number of rotatable bonds is 3. The lowest BCUT2D eigenvalue weighted by molar-refractivity contribution is 0.117. The van der Waals surface area contributed by atoms with Crippen molar-refractivity contribution in [3.63, 3.8) is 0 Å². The van der Waals surface area contributed by atoms with Crippen LogP contribution in [0.3, 0.4) is 0 Å². The van der Waals surface area contributed by atoms with Gasteiger partial charge in [0.05, 0.1) is 12.1 Å². The largest absolute Gasteiger partial charge is 0.444 e. The molecule has 0 aliphatic carbocycles. The number of carbonyl (C=O) groups is 1. The Hall–Kier alpha value is -2.77. The first kappa shape index (κ1) is 15.7. The van der Waals surface area contributed by atoms with Gasteiger partial charge in [-0.1, -0.05) is 0 Å². The summed E-state index contributed by atoms with van der Waals surface area (Å²) in [4.78, 5) is 24.9. The fourth-order valence-corrected chi connectivity index (χ4v) is 3.60. The van der Waals surface area contributed by atoms with Crippen molar-refractivity contribution in [2.24, 2.45) is 5.73 Å². The topological polar surface area (TPSA) is 111 Å². The lowest BCUT2D eigenvalue weighted by Gasteiger charge is -2.22. The molecule has 1 unspecified atom stereocenters. The number of fused-ring (bicyclic) bond motifs is 1. The van der Waals surface area contributed by atoms with E-state index in [1.807, 2.05) is 18.2 Å². The van der Waals surface area contributed by atoms with E-state index < -0.39 is 6.09 Å². The lowest BCUT2D eigenvalue weighted by atomic mass is 10.2. The van der Waals surface area contributed by atoms with Gasteiger partial charge < -0.3 is 26.0 Å². The molecule has 4 N–H and O–H groups in total. The first-order valence-corrected chi connectivity index (χ1v) is 8.63. The highest BCUT2D eigenvalue weighted by Gasteiger charge is 2.28. The van der Waals surface area contributed by atoms with E-state index in [1.54, 1.807) is 0 Å². The predicted molar refractivity (Wildman–Crippen MR) is 96.7 cm³/mol. The molecule has 2 aliphatic heterocycles. The summed E-state index contributed by atoms with van der Waals surface area (Å²) < 4.78 is 5.15. The minimum absolute atomic E-state index is 0.202. The van der Waals surface area contributed by atoms with E-state index in [9.17, 15) is 4.79 Å². The van der Waals surface area contributed by atoms with Crippen molar-refractivity contribution in [2.75, 3.05) is 41.7 Å². The van der Waals surface area contributed by atoms with Gasteiger partial charge >= 0.3 is 6.09 Å². The molecule has 1 aromatic heterocycles. The number of nitrogens with zero attached hydrogens (tertiary/aromatic N) is 4. The van der Waals surface area contributed by atoms with Crippen molar-refractivity contribution < 1.29 is 9.53 Å². The minimum Gasteiger partial charge on any atom is -0.444 e. The van der Waals surface area contributed by atoms with Gasteiger partial charge in [0, 0.05) is 37.1 Å². The number of hydrogen-bond acceptors (Lipinski definition) is 7. The van der Waals surface area contributed by atoms with E-state index in [4.69, 9.17) is 26.2 Å². The zero-order chi connectivity index (χ0) is 17.4. The number of ether oxygens (including phenoxy) is 1. The highest BCUT2D eigenvalue weighted by Crippen LogP contribution is 2.31. The van der Waals surface area contributed by atoms with E-state index in [2.05, 4.69) is 9.80 Å². The Morgan fingerprint density at radius 1 is 1.16 bits per heavy atom. The van der Waals surface area contributed by atoms with Gasteiger partial charge in [-0.3, -0.25) is 0 Å².